The molecular weight excluding hydrogens is 268 g/mol. The maximum absolute atomic E-state index is 11.9. The molecule has 0 saturated carbocycles. The molecule has 2 N–H and O–H groups in total. The molecule has 1 aromatic rings. The van der Waals surface area contributed by atoms with Crippen LogP contribution in [0.15, 0.2) is 12.3 Å². The number of nitrogens with zero attached hydrogens (tertiary/aromatic N) is 3. The lowest BCUT2D eigenvalue weighted by atomic mass is 10.2. The van der Waals surface area contributed by atoms with Gasteiger partial charge in [0.15, 0.2) is 5.82 Å². The van der Waals surface area contributed by atoms with Crippen LogP contribution < -0.4 is 10.6 Å². The number of hydrogen-bond acceptors (Lipinski definition) is 6. The highest BCUT2D eigenvalue weighted by Crippen LogP contribution is 2.25. The van der Waals surface area contributed by atoms with E-state index in [-0.39, 0.29) is 5.97 Å². The highest BCUT2D eigenvalue weighted by molar-refractivity contribution is 5.97. The van der Waals surface area contributed by atoms with Crippen LogP contribution in [0.2, 0.25) is 0 Å². The van der Waals surface area contributed by atoms with Crippen molar-refractivity contribution in [1.29, 1.82) is 0 Å². The summed E-state index contributed by atoms with van der Waals surface area (Å²) in [5, 5.41) is 0. The number of ether oxygens (including phenoxy) is 1. The summed E-state index contributed by atoms with van der Waals surface area (Å²) < 4.78 is 5.03. The number of pyridine rings is 1. The van der Waals surface area contributed by atoms with Crippen LogP contribution in [-0.4, -0.2) is 55.2 Å². The minimum atomic E-state index is -0.386. The quantitative estimate of drug-likeness (QED) is 0.827. The number of anilines is 2. The fourth-order valence-electron chi connectivity index (χ4n) is 2.60. The summed E-state index contributed by atoms with van der Waals surface area (Å²) >= 11 is 0. The van der Waals surface area contributed by atoms with Gasteiger partial charge in [0.2, 0.25) is 0 Å². The highest BCUT2D eigenvalue weighted by atomic mass is 16.5. The Kier molecular flexibility index (Phi) is 5.38. The van der Waals surface area contributed by atoms with Gasteiger partial charge in [0, 0.05) is 32.4 Å². The van der Waals surface area contributed by atoms with Gasteiger partial charge in [-0.1, -0.05) is 6.92 Å². The maximum Gasteiger partial charge on any atom is 0.340 e. The zero-order valence-corrected chi connectivity index (χ0v) is 12.8. The van der Waals surface area contributed by atoms with E-state index in [1.165, 1.54) is 6.42 Å². The summed E-state index contributed by atoms with van der Waals surface area (Å²) in [4.78, 5) is 20.8. The molecule has 0 aromatic carbocycles. The highest BCUT2D eigenvalue weighted by Gasteiger charge is 2.22. The van der Waals surface area contributed by atoms with Crippen LogP contribution in [0, 0.1) is 0 Å². The predicted molar refractivity (Wildman–Crippen MR) is 83.5 cm³/mol. The van der Waals surface area contributed by atoms with E-state index >= 15 is 0 Å². The fraction of sp³-hybridized carbons (Fsp3) is 0.600. The van der Waals surface area contributed by atoms with Crippen LogP contribution >= 0.6 is 0 Å². The van der Waals surface area contributed by atoms with Crippen LogP contribution in [0.3, 0.4) is 0 Å². The van der Waals surface area contributed by atoms with Crippen molar-refractivity contribution >= 4 is 17.5 Å². The van der Waals surface area contributed by atoms with Crippen molar-refractivity contribution in [2.75, 3.05) is 50.0 Å². The molecule has 0 aliphatic carbocycles. The van der Waals surface area contributed by atoms with Crippen molar-refractivity contribution < 1.29 is 9.53 Å². The molecule has 6 nitrogen and oxygen atoms in total. The Balaban J connectivity index is 2.11. The van der Waals surface area contributed by atoms with E-state index in [4.69, 9.17) is 10.5 Å². The van der Waals surface area contributed by atoms with E-state index in [9.17, 15) is 4.79 Å². The first-order valence-electron chi connectivity index (χ1n) is 7.56. The number of nitrogens with two attached hydrogens (primary N) is 1. The number of carbonyl (C=O) groups excluding carboxylic acids is 1. The third-order valence-corrected chi connectivity index (χ3v) is 3.68. The minimum Gasteiger partial charge on any atom is -0.462 e. The third-order valence-electron chi connectivity index (χ3n) is 3.68. The van der Waals surface area contributed by atoms with E-state index < -0.39 is 0 Å². The molecule has 1 saturated heterocycles. The first-order chi connectivity index (χ1) is 10.2. The topological polar surface area (TPSA) is 71.7 Å². The van der Waals surface area contributed by atoms with Crippen LogP contribution in [0.25, 0.3) is 0 Å². The zero-order chi connectivity index (χ0) is 15.2. The summed E-state index contributed by atoms with van der Waals surface area (Å²) in [5.41, 5.74) is 6.94. The monoisotopic (exact) mass is 292 g/mol. The second kappa shape index (κ2) is 7.26. The van der Waals surface area contributed by atoms with E-state index in [2.05, 4.69) is 21.7 Å². The molecule has 6 heteroatoms. The summed E-state index contributed by atoms with van der Waals surface area (Å²) in [6.45, 7) is 9.19. The number of nitrogen functional groups attached to an aromatic ring is 1. The zero-order valence-electron chi connectivity index (χ0n) is 12.8. The lowest BCUT2D eigenvalue weighted by Gasteiger charge is -2.35. The Morgan fingerprint density at radius 1 is 1.33 bits per heavy atom. The van der Waals surface area contributed by atoms with Gasteiger partial charge in [0.25, 0.3) is 0 Å². The molecule has 0 unspecified atom stereocenters. The predicted octanol–water partition coefficient (Wildman–Crippen LogP) is 1.37. The molecule has 0 atom stereocenters. The average Bonchev–Trinajstić information content (AvgIpc) is 2.49. The van der Waals surface area contributed by atoms with Crippen LogP contribution in [-0.2, 0) is 4.74 Å². The van der Waals surface area contributed by atoms with Crippen molar-refractivity contribution in [3.63, 3.8) is 0 Å². The first kappa shape index (κ1) is 15.6. The summed E-state index contributed by atoms with van der Waals surface area (Å²) in [7, 11) is 0. The van der Waals surface area contributed by atoms with E-state index in [1.54, 1.807) is 19.2 Å². The van der Waals surface area contributed by atoms with Crippen molar-refractivity contribution in [2.24, 2.45) is 0 Å². The third kappa shape index (κ3) is 3.64. The molecule has 21 heavy (non-hydrogen) atoms. The number of aromatic nitrogens is 1. The molecule has 0 amide bonds. The molecule has 0 radical (unpaired) electrons. The molecule has 1 aliphatic heterocycles. The van der Waals surface area contributed by atoms with Crippen molar-refractivity contribution in [3.8, 4) is 0 Å². The van der Waals surface area contributed by atoms with Crippen molar-refractivity contribution in [1.82, 2.24) is 9.88 Å². The molecule has 116 valence electrons. The second-order valence-corrected chi connectivity index (χ2v) is 5.14. The van der Waals surface area contributed by atoms with Gasteiger partial charge in [-0.3, -0.25) is 4.90 Å². The Morgan fingerprint density at radius 3 is 2.67 bits per heavy atom. The minimum absolute atomic E-state index is 0.339. The Morgan fingerprint density at radius 2 is 2.05 bits per heavy atom. The lowest BCUT2D eigenvalue weighted by Crippen LogP contribution is -2.47. The van der Waals surface area contributed by atoms with E-state index in [0.717, 1.165) is 32.7 Å². The van der Waals surface area contributed by atoms with Crippen LogP contribution in [0.4, 0.5) is 11.5 Å². The molecule has 1 aromatic heterocycles. The molecule has 2 rings (SSSR count). The van der Waals surface area contributed by atoms with Gasteiger partial charge in [-0.25, -0.2) is 9.78 Å². The average molecular weight is 292 g/mol. The van der Waals surface area contributed by atoms with E-state index in [0.29, 0.717) is 23.7 Å². The molecule has 0 spiro atoms. The maximum atomic E-state index is 11.9. The number of carbonyl (C=O) groups is 1. The normalized spacial score (nSPS) is 16.0. The smallest absolute Gasteiger partial charge is 0.340 e. The molecule has 1 aliphatic rings. The van der Waals surface area contributed by atoms with Crippen molar-refractivity contribution in [2.45, 2.75) is 20.3 Å². The van der Waals surface area contributed by atoms with Gasteiger partial charge in [0.1, 0.15) is 0 Å². The fourth-order valence-corrected chi connectivity index (χ4v) is 2.60. The van der Waals surface area contributed by atoms with Gasteiger partial charge in [0.05, 0.1) is 17.9 Å². The number of hydrogen-bond donors (Lipinski definition) is 1. The van der Waals surface area contributed by atoms with Crippen LogP contribution in [0.5, 0.6) is 0 Å². The Bertz CT molecular complexity index is 485. The van der Waals surface area contributed by atoms with Gasteiger partial charge in [-0.15, -0.1) is 0 Å². The summed E-state index contributed by atoms with van der Waals surface area (Å²) in [5.74, 6) is 0.306. The number of esters is 1. The van der Waals surface area contributed by atoms with Gasteiger partial charge in [-0.2, -0.15) is 0 Å². The van der Waals surface area contributed by atoms with Crippen molar-refractivity contribution in [3.05, 3.63) is 17.8 Å². The Hall–Kier alpha value is -1.82. The molecule has 1 fully saturated rings. The summed E-state index contributed by atoms with van der Waals surface area (Å²) in [6.07, 6.45) is 2.79. The van der Waals surface area contributed by atoms with E-state index in [1.807, 2.05) is 0 Å². The lowest BCUT2D eigenvalue weighted by molar-refractivity contribution is 0.0527. The first-order valence-corrected chi connectivity index (χ1v) is 7.56. The standard InChI is InChI=1S/C15H24N4O2/c1-3-7-18-8-10-19(11-9-18)14-13(16)12(5-6-17-14)15(20)21-4-2/h5-6H,3-4,7-11,16H2,1-2H3. The molecule has 2 heterocycles. The Labute approximate surface area is 125 Å². The second-order valence-electron chi connectivity index (χ2n) is 5.14. The molecule has 0 bridgehead atoms. The largest absolute Gasteiger partial charge is 0.462 e. The molecular formula is C15H24N4O2. The van der Waals surface area contributed by atoms with Gasteiger partial charge >= 0.3 is 5.97 Å². The summed E-state index contributed by atoms with van der Waals surface area (Å²) in [6, 6.07) is 1.62. The van der Waals surface area contributed by atoms with Gasteiger partial charge < -0.3 is 15.4 Å². The van der Waals surface area contributed by atoms with Crippen LogP contribution in [0.1, 0.15) is 30.6 Å². The number of rotatable bonds is 5. The SMILES string of the molecule is CCCN1CCN(c2nccc(C(=O)OCC)c2N)CC1. The van der Waals surface area contributed by atoms with Gasteiger partial charge in [-0.05, 0) is 26.0 Å². The number of piperazine rings is 1.